The van der Waals surface area contributed by atoms with Gasteiger partial charge in [0.25, 0.3) is 15.7 Å². The third kappa shape index (κ3) is 3.74. The first-order valence-electron chi connectivity index (χ1n) is 4.56. The van der Waals surface area contributed by atoms with Gasteiger partial charge in [-0.2, -0.15) is 13.2 Å². The van der Waals surface area contributed by atoms with Crippen LogP contribution in [0.5, 0.6) is 0 Å². The minimum Gasteiger partial charge on any atom is -0.324 e. The first-order valence-corrected chi connectivity index (χ1v) is 6.92. The molecule has 0 atom stereocenters. The Hall–Kier alpha value is -0.990. The summed E-state index contributed by atoms with van der Waals surface area (Å²) in [5, 5.41) is 2.07. The van der Waals surface area contributed by atoms with Gasteiger partial charge < -0.3 is 5.32 Å². The van der Waals surface area contributed by atoms with E-state index in [0.29, 0.717) is 6.07 Å². The lowest BCUT2D eigenvalue weighted by Crippen LogP contribution is -2.23. The second-order valence-corrected chi connectivity index (χ2v) is 6.30. The molecule has 0 spiro atoms. The van der Waals surface area contributed by atoms with Crippen LogP contribution in [-0.4, -0.2) is 24.7 Å². The summed E-state index contributed by atoms with van der Waals surface area (Å²) in [7, 11) is -5.47. The van der Waals surface area contributed by atoms with Crippen molar-refractivity contribution in [3.8, 4) is 0 Å². The van der Waals surface area contributed by atoms with E-state index in [9.17, 15) is 26.4 Å². The quantitative estimate of drug-likeness (QED) is 0.864. The molecule has 1 amide bonds. The Balaban J connectivity index is 3.12. The van der Waals surface area contributed by atoms with Crippen LogP contribution in [0.15, 0.2) is 29.2 Å². The average Bonchev–Trinajstić information content (AvgIpc) is 2.27. The SMILES string of the molecule is O=C(Nc1cccc(S(=O)(=O)C(F)(F)F)c1)C(Cl)Cl. The summed E-state index contributed by atoms with van der Waals surface area (Å²) in [6, 6.07) is 3.67. The minimum absolute atomic E-state index is 0.165. The fourth-order valence-corrected chi connectivity index (χ4v) is 1.99. The van der Waals surface area contributed by atoms with Crippen LogP contribution in [-0.2, 0) is 14.6 Å². The molecule has 0 aliphatic heterocycles. The summed E-state index contributed by atoms with van der Waals surface area (Å²) < 4.78 is 59.2. The number of halogens is 5. The standard InChI is InChI=1S/C9H6Cl2F3NO3S/c10-7(11)8(16)15-5-2-1-3-6(4-5)19(17,18)9(12,13)14/h1-4,7H,(H,15,16). The lowest BCUT2D eigenvalue weighted by atomic mass is 10.3. The molecule has 0 saturated heterocycles. The highest BCUT2D eigenvalue weighted by molar-refractivity contribution is 7.92. The van der Waals surface area contributed by atoms with Gasteiger partial charge in [0.2, 0.25) is 0 Å². The molecule has 0 unspecified atom stereocenters. The van der Waals surface area contributed by atoms with E-state index in [2.05, 4.69) is 5.32 Å². The molecule has 0 bridgehead atoms. The second kappa shape index (κ2) is 5.56. The first kappa shape index (κ1) is 16.1. The van der Waals surface area contributed by atoms with Gasteiger partial charge in [-0.15, -0.1) is 0 Å². The first-order chi connectivity index (χ1) is 8.55. The number of nitrogens with one attached hydrogen (secondary N) is 1. The molecule has 0 aliphatic rings. The summed E-state index contributed by atoms with van der Waals surface area (Å²) in [5.74, 6) is -0.884. The van der Waals surface area contributed by atoms with Crippen LogP contribution in [0.2, 0.25) is 0 Å². The van der Waals surface area contributed by atoms with E-state index in [1.807, 2.05) is 0 Å². The van der Waals surface area contributed by atoms with Crippen molar-refractivity contribution < 1.29 is 26.4 Å². The van der Waals surface area contributed by atoms with Crippen molar-refractivity contribution in [1.29, 1.82) is 0 Å². The van der Waals surface area contributed by atoms with E-state index in [4.69, 9.17) is 23.2 Å². The third-order valence-electron chi connectivity index (χ3n) is 1.91. The lowest BCUT2D eigenvalue weighted by Gasteiger charge is -2.10. The molecule has 1 N–H and O–H groups in total. The largest absolute Gasteiger partial charge is 0.501 e. The van der Waals surface area contributed by atoms with Crippen molar-refractivity contribution in [2.45, 2.75) is 15.2 Å². The summed E-state index contributed by atoms with van der Waals surface area (Å²) in [6.07, 6.45) is 0. The van der Waals surface area contributed by atoms with E-state index in [1.165, 1.54) is 6.07 Å². The van der Waals surface area contributed by atoms with E-state index in [0.717, 1.165) is 12.1 Å². The summed E-state index contributed by atoms with van der Waals surface area (Å²) in [5.41, 5.74) is -5.58. The number of amides is 1. The molecule has 4 nitrogen and oxygen atoms in total. The molecule has 0 radical (unpaired) electrons. The Labute approximate surface area is 116 Å². The van der Waals surface area contributed by atoms with Gasteiger partial charge in [-0.3, -0.25) is 4.79 Å². The number of sulfone groups is 1. The number of hydrogen-bond donors (Lipinski definition) is 1. The molecule has 106 valence electrons. The van der Waals surface area contributed by atoms with Gasteiger partial charge in [0.15, 0.2) is 4.84 Å². The zero-order chi connectivity index (χ0) is 14.8. The minimum atomic E-state index is -5.47. The molecule has 1 aromatic carbocycles. The van der Waals surface area contributed by atoms with Crippen molar-refractivity contribution >= 4 is 44.6 Å². The molecule has 0 aliphatic carbocycles. The molecular formula is C9H6Cl2F3NO3S. The van der Waals surface area contributed by atoms with Gasteiger partial charge in [0.1, 0.15) is 0 Å². The van der Waals surface area contributed by atoms with Crippen LogP contribution in [0.25, 0.3) is 0 Å². The van der Waals surface area contributed by atoms with Crippen LogP contribution >= 0.6 is 23.2 Å². The van der Waals surface area contributed by atoms with Gasteiger partial charge in [-0.25, -0.2) is 8.42 Å². The molecular weight excluding hydrogens is 330 g/mol. The van der Waals surface area contributed by atoms with Crippen molar-refractivity contribution in [2.24, 2.45) is 0 Å². The number of benzene rings is 1. The van der Waals surface area contributed by atoms with Crippen LogP contribution in [0, 0.1) is 0 Å². The topological polar surface area (TPSA) is 63.2 Å². The predicted octanol–water partition coefficient (Wildman–Crippen LogP) is 2.72. The van der Waals surface area contributed by atoms with E-state index in [1.54, 1.807) is 0 Å². The highest BCUT2D eigenvalue weighted by atomic mass is 35.5. The van der Waals surface area contributed by atoms with E-state index < -0.39 is 31.0 Å². The van der Waals surface area contributed by atoms with Gasteiger partial charge in [0, 0.05) is 5.69 Å². The number of anilines is 1. The van der Waals surface area contributed by atoms with Gasteiger partial charge >= 0.3 is 5.51 Å². The maximum atomic E-state index is 12.3. The second-order valence-electron chi connectivity index (χ2n) is 3.27. The number of rotatable bonds is 3. The molecule has 0 aromatic heterocycles. The molecule has 0 fully saturated rings. The highest BCUT2D eigenvalue weighted by Crippen LogP contribution is 2.31. The van der Waals surface area contributed by atoms with Crippen molar-refractivity contribution in [3.05, 3.63) is 24.3 Å². The smallest absolute Gasteiger partial charge is 0.324 e. The summed E-state index contributed by atoms with van der Waals surface area (Å²) in [4.78, 5) is 8.71. The maximum absolute atomic E-state index is 12.3. The summed E-state index contributed by atoms with van der Waals surface area (Å²) in [6.45, 7) is 0. The number of alkyl halides is 5. The lowest BCUT2D eigenvalue weighted by molar-refractivity contribution is -0.114. The Kier molecular flexibility index (Phi) is 4.70. The predicted molar refractivity (Wildman–Crippen MR) is 63.8 cm³/mol. The van der Waals surface area contributed by atoms with Gasteiger partial charge in [-0.1, -0.05) is 29.3 Å². The fraction of sp³-hybridized carbons (Fsp3) is 0.222. The molecule has 19 heavy (non-hydrogen) atoms. The normalized spacial score (nSPS) is 12.5. The Morgan fingerprint density at radius 2 is 1.84 bits per heavy atom. The van der Waals surface area contributed by atoms with Crippen LogP contribution in [0.1, 0.15) is 0 Å². The number of hydrogen-bond acceptors (Lipinski definition) is 3. The molecule has 1 rings (SSSR count). The van der Waals surface area contributed by atoms with Crippen molar-refractivity contribution in [2.75, 3.05) is 5.32 Å². The number of carbonyl (C=O) groups is 1. The van der Waals surface area contributed by atoms with Crippen LogP contribution in [0.4, 0.5) is 18.9 Å². The maximum Gasteiger partial charge on any atom is 0.501 e. The summed E-state index contributed by atoms with van der Waals surface area (Å²) >= 11 is 10.5. The highest BCUT2D eigenvalue weighted by Gasteiger charge is 2.46. The third-order valence-corrected chi connectivity index (χ3v) is 3.80. The Morgan fingerprint density at radius 1 is 1.26 bits per heavy atom. The Morgan fingerprint density at radius 3 is 2.32 bits per heavy atom. The monoisotopic (exact) mass is 335 g/mol. The molecule has 10 heteroatoms. The van der Waals surface area contributed by atoms with E-state index >= 15 is 0 Å². The van der Waals surface area contributed by atoms with Crippen LogP contribution < -0.4 is 5.32 Å². The van der Waals surface area contributed by atoms with Crippen molar-refractivity contribution in [1.82, 2.24) is 0 Å². The zero-order valence-electron chi connectivity index (χ0n) is 8.91. The molecule has 0 heterocycles. The van der Waals surface area contributed by atoms with Gasteiger partial charge in [0.05, 0.1) is 4.90 Å². The zero-order valence-corrected chi connectivity index (χ0v) is 11.2. The average molecular weight is 336 g/mol. The van der Waals surface area contributed by atoms with Crippen molar-refractivity contribution in [3.63, 3.8) is 0 Å². The van der Waals surface area contributed by atoms with Crippen LogP contribution in [0.3, 0.4) is 0 Å². The number of carbonyl (C=O) groups excluding carboxylic acids is 1. The van der Waals surface area contributed by atoms with E-state index in [-0.39, 0.29) is 5.69 Å². The fourth-order valence-electron chi connectivity index (χ4n) is 1.07. The van der Waals surface area contributed by atoms with Gasteiger partial charge in [-0.05, 0) is 18.2 Å². The molecule has 1 aromatic rings. The Bertz CT molecular complexity index is 587. The molecule has 0 saturated carbocycles.